The van der Waals surface area contributed by atoms with E-state index in [-0.39, 0.29) is 11.3 Å². The molecular formula is C12H10N4O2. The van der Waals surface area contributed by atoms with Crippen LogP contribution in [0.3, 0.4) is 0 Å². The van der Waals surface area contributed by atoms with Crippen molar-refractivity contribution >= 4 is 22.6 Å². The molecule has 1 heterocycles. The molecule has 0 bridgehead atoms. The van der Waals surface area contributed by atoms with Gasteiger partial charge in [0.2, 0.25) is 0 Å². The number of anilines is 1. The summed E-state index contributed by atoms with van der Waals surface area (Å²) in [6.07, 6.45) is 0. The van der Waals surface area contributed by atoms with E-state index in [2.05, 4.69) is 10.2 Å². The van der Waals surface area contributed by atoms with Gasteiger partial charge in [-0.1, -0.05) is 6.07 Å². The number of benzene rings is 1. The Morgan fingerprint density at radius 1 is 1.33 bits per heavy atom. The molecule has 0 fully saturated rings. The lowest BCUT2D eigenvalue weighted by Crippen LogP contribution is -2.13. The Kier molecular flexibility index (Phi) is 2.81. The monoisotopic (exact) mass is 242 g/mol. The zero-order valence-electron chi connectivity index (χ0n) is 9.88. The molecule has 0 saturated heterocycles. The highest BCUT2D eigenvalue weighted by molar-refractivity contribution is 6.00. The summed E-state index contributed by atoms with van der Waals surface area (Å²) in [7, 11) is 3.56. The molecule has 0 atom stereocenters. The van der Waals surface area contributed by atoms with E-state index < -0.39 is 5.97 Å². The molecular weight excluding hydrogens is 232 g/mol. The molecule has 0 spiro atoms. The van der Waals surface area contributed by atoms with E-state index in [0.29, 0.717) is 16.6 Å². The second-order valence-corrected chi connectivity index (χ2v) is 3.94. The molecule has 0 saturated carbocycles. The third-order valence-electron chi connectivity index (χ3n) is 2.54. The predicted octanol–water partition coefficient (Wildman–Crippen LogP) is 1.27. The summed E-state index contributed by atoms with van der Waals surface area (Å²) in [5.41, 5.74) is 0.343. The van der Waals surface area contributed by atoms with Crippen molar-refractivity contribution < 1.29 is 9.90 Å². The first-order valence-electron chi connectivity index (χ1n) is 5.15. The maximum atomic E-state index is 11.0. The summed E-state index contributed by atoms with van der Waals surface area (Å²) in [5.74, 6) is -0.482. The van der Waals surface area contributed by atoms with Crippen LogP contribution in [0.5, 0.6) is 0 Å². The van der Waals surface area contributed by atoms with Gasteiger partial charge in [-0.2, -0.15) is 5.26 Å². The standard InChI is InChI=1S/C12H10N4O2/c1-16(2)11-9-5-7(12(17)18)3-4-8(9)10(6-13)14-15-11/h3-5H,1-2H3,(H,17,18). The number of hydrogen-bond donors (Lipinski definition) is 1. The Bertz CT molecular complexity index is 674. The average molecular weight is 242 g/mol. The van der Waals surface area contributed by atoms with Crippen molar-refractivity contribution in [3.63, 3.8) is 0 Å². The van der Waals surface area contributed by atoms with Gasteiger partial charge < -0.3 is 10.0 Å². The molecule has 2 aromatic rings. The Balaban J connectivity index is 2.85. The number of nitriles is 1. The van der Waals surface area contributed by atoms with Gasteiger partial charge in [-0.25, -0.2) is 4.79 Å². The van der Waals surface area contributed by atoms with E-state index in [1.165, 1.54) is 12.1 Å². The van der Waals surface area contributed by atoms with Crippen molar-refractivity contribution in [1.29, 1.82) is 5.26 Å². The van der Waals surface area contributed by atoms with Crippen LogP contribution in [-0.2, 0) is 0 Å². The summed E-state index contributed by atoms with van der Waals surface area (Å²) >= 11 is 0. The third-order valence-corrected chi connectivity index (χ3v) is 2.54. The highest BCUT2D eigenvalue weighted by Gasteiger charge is 2.13. The van der Waals surface area contributed by atoms with Gasteiger partial charge in [-0.3, -0.25) is 0 Å². The molecule has 0 aliphatic carbocycles. The predicted molar refractivity (Wildman–Crippen MR) is 65.5 cm³/mol. The molecule has 6 nitrogen and oxygen atoms in total. The van der Waals surface area contributed by atoms with E-state index in [1.54, 1.807) is 25.1 Å². The fourth-order valence-corrected chi connectivity index (χ4v) is 1.69. The second-order valence-electron chi connectivity index (χ2n) is 3.94. The van der Waals surface area contributed by atoms with Crippen LogP contribution in [0.2, 0.25) is 0 Å². The van der Waals surface area contributed by atoms with Crippen molar-refractivity contribution in [2.45, 2.75) is 0 Å². The zero-order valence-corrected chi connectivity index (χ0v) is 9.88. The van der Waals surface area contributed by atoms with Gasteiger partial charge in [0.05, 0.1) is 5.56 Å². The van der Waals surface area contributed by atoms with Crippen molar-refractivity contribution in [2.75, 3.05) is 19.0 Å². The number of carboxylic acids is 1. The van der Waals surface area contributed by atoms with Crippen molar-refractivity contribution in [3.8, 4) is 6.07 Å². The molecule has 2 rings (SSSR count). The number of aromatic carboxylic acids is 1. The zero-order chi connectivity index (χ0) is 13.3. The maximum Gasteiger partial charge on any atom is 0.335 e. The molecule has 0 radical (unpaired) electrons. The molecule has 0 aliphatic rings. The molecule has 1 N–H and O–H groups in total. The van der Waals surface area contributed by atoms with Gasteiger partial charge in [0.1, 0.15) is 6.07 Å². The van der Waals surface area contributed by atoms with Gasteiger partial charge in [0.25, 0.3) is 0 Å². The molecule has 18 heavy (non-hydrogen) atoms. The maximum absolute atomic E-state index is 11.0. The minimum atomic E-state index is -1.02. The summed E-state index contributed by atoms with van der Waals surface area (Å²) in [6.45, 7) is 0. The lowest BCUT2D eigenvalue weighted by molar-refractivity contribution is 0.0697. The number of carbonyl (C=O) groups is 1. The number of fused-ring (bicyclic) bond motifs is 1. The highest BCUT2D eigenvalue weighted by Crippen LogP contribution is 2.25. The Morgan fingerprint density at radius 2 is 2.06 bits per heavy atom. The first-order chi connectivity index (χ1) is 8.54. The fraction of sp³-hybridized carbons (Fsp3) is 0.167. The van der Waals surface area contributed by atoms with E-state index in [4.69, 9.17) is 10.4 Å². The summed E-state index contributed by atoms with van der Waals surface area (Å²) < 4.78 is 0. The molecule has 1 aromatic carbocycles. The van der Waals surface area contributed by atoms with Crippen molar-refractivity contribution in [2.24, 2.45) is 0 Å². The lowest BCUT2D eigenvalue weighted by atomic mass is 10.1. The fourth-order valence-electron chi connectivity index (χ4n) is 1.69. The van der Waals surface area contributed by atoms with Crippen LogP contribution in [-0.4, -0.2) is 35.4 Å². The molecule has 0 aliphatic heterocycles. The number of nitrogens with zero attached hydrogens (tertiary/aromatic N) is 4. The summed E-state index contributed by atoms with van der Waals surface area (Å²) in [6, 6.07) is 6.48. The van der Waals surface area contributed by atoms with Crippen LogP contribution in [0.25, 0.3) is 10.8 Å². The Hall–Kier alpha value is -2.68. The Morgan fingerprint density at radius 3 is 2.61 bits per heavy atom. The summed E-state index contributed by atoms with van der Waals surface area (Å²) in [4.78, 5) is 12.7. The Labute approximate surface area is 103 Å². The van der Waals surface area contributed by atoms with Crippen LogP contribution < -0.4 is 4.90 Å². The number of rotatable bonds is 2. The van der Waals surface area contributed by atoms with E-state index >= 15 is 0 Å². The van der Waals surface area contributed by atoms with E-state index in [0.717, 1.165) is 0 Å². The van der Waals surface area contributed by atoms with Crippen LogP contribution in [0.15, 0.2) is 18.2 Å². The first kappa shape index (κ1) is 11.8. The highest BCUT2D eigenvalue weighted by atomic mass is 16.4. The van der Waals surface area contributed by atoms with E-state index in [1.807, 2.05) is 6.07 Å². The third kappa shape index (κ3) is 1.82. The van der Waals surface area contributed by atoms with Gasteiger partial charge in [-0.05, 0) is 12.1 Å². The molecule has 90 valence electrons. The number of carboxylic acid groups (broad SMARTS) is 1. The van der Waals surface area contributed by atoms with Gasteiger partial charge in [0.15, 0.2) is 11.5 Å². The van der Waals surface area contributed by atoms with Crippen LogP contribution in [0.1, 0.15) is 16.1 Å². The van der Waals surface area contributed by atoms with Gasteiger partial charge in [0, 0.05) is 24.9 Å². The van der Waals surface area contributed by atoms with Crippen LogP contribution in [0, 0.1) is 11.3 Å². The SMILES string of the molecule is CN(C)c1nnc(C#N)c2ccc(C(=O)O)cc12. The molecule has 6 heteroatoms. The average Bonchev–Trinajstić information content (AvgIpc) is 2.36. The normalized spacial score (nSPS) is 10.1. The minimum Gasteiger partial charge on any atom is -0.478 e. The lowest BCUT2D eigenvalue weighted by Gasteiger charge is -2.13. The van der Waals surface area contributed by atoms with Crippen LogP contribution in [0.4, 0.5) is 5.82 Å². The first-order valence-corrected chi connectivity index (χ1v) is 5.15. The van der Waals surface area contributed by atoms with Crippen molar-refractivity contribution in [3.05, 3.63) is 29.5 Å². The summed E-state index contributed by atoms with van der Waals surface area (Å²) in [5, 5.41) is 26.9. The number of hydrogen-bond acceptors (Lipinski definition) is 5. The molecule has 0 unspecified atom stereocenters. The topological polar surface area (TPSA) is 90.1 Å². The van der Waals surface area contributed by atoms with Crippen molar-refractivity contribution in [1.82, 2.24) is 10.2 Å². The smallest absolute Gasteiger partial charge is 0.335 e. The van der Waals surface area contributed by atoms with Gasteiger partial charge >= 0.3 is 5.97 Å². The quantitative estimate of drug-likeness (QED) is 0.852. The molecule has 1 aromatic heterocycles. The minimum absolute atomic E-state index is 0.155. The largest absolute Gasteiger partial charge is 0.478 e. The molecule has 0 amide bonds. The van der Waals surface area contributed by atoms with Gasteiger partial charge in [-0.15, -0.1) is 10.2 Å². The van der Waals surface area contributed by atoms with E-state index in [9.17, 15) is 4.79 Å². The number of aromatic nitrogens is 2. The second kappa shape index (κ2) is 4.30. The van der Waals surface area contributed by atoms with Crippen LogP contribution >= 0.6 is 0 Å².